The number of carbonyl (C=O) groups excluding carboxylic acids is 2. The van der Waals surface area contributed by atoms with Gasteiger partial charge in [0.05, 0.1) is 17.2 Å². The van der Waals surface area contributed by atoms with Crippen LogP contribution < -0.4 is 4.74 Å². The maximum atomic E-state index is 12.6. The number of hydrogen-bond acceptors (Lipinski definition) is 6. The first kappa shape index (κ1) is 19.1. The van der Waals surface area contributed by atoms with Crippen LogP contribution in [0.5, 0.6) is 5.75 Å². The predicted octanol–water partition coefficient (Wildman–Crippen LogP) is 3.00. The minimum atomic E-state index is -6.20. The van der Waals surface area contributed by atoms with Crippen LogP contribution in [-0.4, -0.2) is 36.9 Å². The summed E-state index contributed by atoms with van der Waals surface area (Å²) in [6.45, 7) is 3.53. The molecular formula is C16H12F3NO6S. The Morgan fingerprint density at radius 2 is 1.59 bits per heavy atom. The molecule has 0 saturated heterocycles. The van der Waals surface area contributed by atoms with Gasteiger partial charge < -0.3 is 4.74 Å². The summed E-state index contributed by atoms with van der Waals surface area (Å²) in [6, 6.07) is 6.89. The third-order valence-electron chi connectivity index (χ3n) is 3.65. The lowest BCUT2D eigenvalue weighted by Gasteiger charge is -2.26. The molecule has 0 aromatic heterocycles. The molecule has 2 amide bonds. The molecule has 0 atom stereocenters. The second-order valence-electron chi connectivity index (χ2n) is 5.89. The second kappa shape index (κ2) is 6.20. The van der Waals surface area contributed by atoms with Crippen molar-refractivity contribution in [1.82, 2.24) is 5.06 Å². The zero-order valence-electron chi connectivity index (χ0n) is 13.9. The number of imide groups is 1. The Morgan fingerprint density at radius 3 is 2.15 bits per heavy atom. The highest BCUT2D eigenvalue weighted by Crippen LogP contribution is 2.37. The van der Waals surface area contributed by atoms with Crippen molar-refractivity contribution in [3.63, 3.8) is 0 Å². The number of alkyl halides is 3. The largest absolute Gasteiger partial charge is 0.525 e. The van der Waals surface area contributed by atoms with Gasteiger partial charge in [0.1, 0.15) is 5.75 Å². The predicted molar refractivity (Wildman–Crippen MR) is 86.3 cm³/mol. The molecule has 0 saturated carbocycles. The van der Waals surface area contributed by atoms with E-state index in [4.69, 9.17) is 4.74 Å². The lowest BCUT2D eigenvalue weighted by Crippen LogP contribution is -2.44. The second-order valence-corrected chi connectivity index (χ2v) is 7.41. The van der Waals surface area contributed by atoms with Crippen LogP contribution in [0.4, 0.5) is 13.2 Å². The van der Waals surface area contributed by atoms with E-state index < -0.39 is 32.5 Å². The lowest BCUT2D eigenvalue weighted by atomic mass is 9.94. The molecule has 1 aliphatic rings. The highest BCUT2D eigenvalue weighted by Gasteiger charge is 2.51. The smallest absolute Gasteiger partial charge is 0.490 e. The maximum absolute atomic E-state index is 12.6. The standard InChI is InChI=1S/C16H12F3NO6S/c1-8(2)25-12-7-6-11-13-9(12)4-3-5-10(13)14(21)20(15(11)22)26-27(23,24)16(17,18)19/h3-8H,1-2H3. The van der Waals surface area contributed by atoms with Crippen LogP contribution in [0.15, 0.2) is 30.3 Å². The molecule has 0 N–H and O–H groups in total. The molecular weight excluding hydrogens is 391 g/mol. The van der Waals surface area contributed by atoms with Gasteiger partial charge in [0.25, 0.3) is 11.8 Å². The Balaban J connectivity index is 2.15. The van der Waals surface area contributed by atoms with Gasteiger partial charge in [-0.2, -0.15) is 21.6 Å². The molecule has 144 valence electrons. The number of hydrogen-bond donors (Lipinski definition) is 0. The number of rotatable bonds is 4. The van der Waals surface area contributed by atoms with Crippen LogP contribution in [0.3, 0.4) is 0 Å². The molecule has 0 fully saturated rings. The number of amides is 2. The molecule has 0 spiro atoms. The highest BCUT2D eigenvalue weighted by molar-refractivity contribution is 7.87. The fourth-order valence-corrected chi connectivity index (χ4v) is 3.03. The molecule has 11 heteroatoms. The first-order chi connectivity index (χ1) is 12.4. The number of halogens is 3. The number of nitrogens with zero attached hydrogens (tertiary/aromatic N) is 1. The molecule has 0 aliphatic carbocycles. The normalized spacial score (nSPS) is 15.0. The summed E-state index contributed by atoms with van der Waals surface area (Å²) >= 11 is 0. The van der Waals surface area contributed by atoms with Crippen molar-refractivity contribution in [2.45, 2.75) is 25.5 Å². The Hall–Kier alpha value is -2.66. The SMILES string of the molecule is CC(C)Oc1ccc2c3c(cccc13)C(=O)N(OS(=O)(=O)C(F)(F)F)C2=O. The fraction of sp³-hybridized carbons (Fsp3) is 0.250. The van der Waals surface area contributed by atoms with Gasteiger partial charge in [0.15, 0.2) is 0 Å². The topological polar surface area (TPSA) is 90.0 Å². The van der Waals surface area contributed by atoms with Gasteiger partial charge in [-0.25, -0.2) is 0 Å². The minimum absolute atomic E-state index is 0.148. The molecule has 0 unspecified atom stereocenters. The summed E-state index contributed by atoms with van der Waals surface area (Å²) in [5, 5.41) is 0.136. The zero-order chi connectivity index (χ0) is 20.1. The van der Waals surface area contributed by atoms with E-state index in [1.807, 2.05) is 0 Å². The van der Waals surface area contributed by atoms with Crippen molar-refractivity contribution >= 4 is 32.7 Å². The Kier molecular flexibility index (Phi) is 4.39. The van der Waals surface area contributed by atoms with Gasteiger partial charge in [-0.05, 0) is 32.0 Å². The molecule has 2 aromatic rings. The van der Waals surface area contributed by atoms with E-state index in [1.165, 1.54) is 24.3 Å². The van der Waals surface area contributed by atoms with Gasteiger partial charge in [0, 0.05) is 10.8 Å². The van der Waals surface area contributed by atoms with Crippen molar-refractivity contribution in [2.24, 2.45) is 0 Å². The van der Waals surface area contributed by atoms with E-state index in [1.54, 1.807) is 19.9 Å². The highest BCUT2D eigenvalue weighted by atomic mass is 32.2. The number of ether oxygens (including phenoxy) is 1. The molecule has 0 radical (unpaired) electrons. The summed E-state index contributed by atoms with van der Waals surface area (Å²) in [7, 11) is -6.20. The summed E-state index contributed by atoms with van der Waals surface area (Å²) < 4.78 is 69.6. The third-order valence-corrected chi connectivity index (χ3v) is 4.56. The van der Waals surface area contributed by atoms with E-state index in [-0.39, 0.29) is 22.6 Å². The molecule has 3 rings (SSSR count). The molecule has 27 heavy (non-hydrogen) atoms. The third kappa shape index (κ3) is 3.12. The summed E-state index contributed by atoms with van der Waals surface area (Å²) in [4.78, 5) is 24.9. The average Bonchev–Trinajstić information content (AvgIpc) is 2.56. The van der Waals surface area contributed by atoms with Crippen LogP contribution >= 0.6 is 0 Å². The van der Waals surface area contributed by atoms with Gasteiger partial charge in [-0.3, -0.25) is 9.59 Å². The quantitative estimate of drug-likeness (QED) is 0.576. The Bertz CT molecular complexity index is 1040. The van der Waals surface area contributed by atoms with Crippen LogP contribution in [0, 0.1) is 0 Å². The molecule has 0 bridgehead atoms. The van der Waals surface area contributed by atoms with Gasteiger partial charge in [-0.1, -0.05) is 12.1 Å². The summed E-state index contributed by atoms with van der Waals surface area (Å²) in [5.41, 5.74) is -6.17. The Labute approximate surface area is 151 Å². The van der Waals surface area contributed by atoms with E-state index >= 15 is 0 Å². The van der Waals surface area contributed by atoms with Gasteiger partial charge in [0.2, 0.25) is 0 Å². The zero-order valence-corrected chi connectivity index (χ0v) is 14.7. The summed E-state index contributed by atoms with van der Waals surface area (Å²) in [5.74, 6) is -2.29. The molecule has 7 nitrogen and oxygen atoms in total. The van der Waals surface area contributed by atoms with Crippen molar-refractivity contribution in [3.05, 3.63) is 41.5 Å². The van der Waals surface area contributed by atoms with Gasteiger partial charge in [-0.15, -0.1) is 9.35 Å². The number of carbonyl (C=O) groups is 2. The first-order valence-corrected chi connectivity index (χ1v) is 8.97. The van der Waals surface area contributed by atoms with E-state index in [0.717, 1.165) is 0 Å². The lowest BCUT2D eigenvalue weighted by molar-refractivity contribution is -0.0761. The molecule has 1 aliphatic heterocycles. The average molecular weight is 403 g/mol. The number of benzene rings is 2. The van der Waals surface area contributed by atoms with Crippen molar-refractivity contribution in [2.75, 3.05) is 0 Å². The maximum Gasteiger partial charge on any atom is 0.525 e. The van der Waals surface area contributed by atoms with E-state index in [9.17, 15) is 31.2 Å². The van der Waals surface area contributed by atoms with Crippen LogP contribution in [0.1, 0.15) is 34.6 Å². The van der Waals surface area contributed by atoms with Crippen molar-refractivity contribution < 1.29 is 40.2 Å². The summed E-state index contributed by atoms with van der Waals surface area (Å²) in [6.07, 6.45) is -0.214. The van der Waals surface area contributed by atoms with Crippen LogP contribution in [0.2, 0.25) is 0 Å². The van der Waals surface area contributed by atoms with Crippen molar-refractivity contribution in [1.29, 1.82) is 0 Å². The van der Waals surface area contributed by atoms with E-state index in [0.29, 0.717) is 11.1 Å². The monoisotopic (exact) mass is 403 g/mol. The van der Waals surface area contributed by atoms with Crippen LogP contribution in [-0.2, 0) is 14.4 Å². The fourth-order valence-electron chi connectivity index (χ4n) is 2.61. The molecule has 1 heterocycles. The van der Waals surface area contributed by atoms with Crippen LogP contribution in [0.25, 0.3) is 10.8 Å². The van der Waals surface area contributed by atoms with Gasteiger partial charge >= 0.3 is 15.6 Å². The van der Waals surface area contributed by atoms with Crippen molar-refractivity contribution in [3.8, 4) is 5.75 Å². The van der Waals surface area contributed by atoms with E-state index in [2.05, 4.69) is 4.28 Å². The molecule has 2 aromatic carbocycles. The minimum Gasteiger partial charge on any atom is -0.490 e. The Morgan fingerprint density at radius 1 is 1.00 bits per heavy atom. The first-order valence-electron chi connectivity index (χ1n) is 7.56. The number of hydroxylamine groups is 2.